The van der Waals surface area contributed by atoms with Gasteiger partial charge in [0.15, 0.2) is 5.78 Å². The number of aromatic nitrogens is 1. The summed E-state index contributed by atoms with van der Waals surface area (Å²) in [5, 5.41) is 5.59. The lowest BCUT2D eigenvalue weighted by atomic mass is 10.2. The fraction of sp³-hybridized carbons (Fsp3) is 0.105. The quantitative estimate of drug-likeness (QED) is 0.518. The maximum absolute atomic E-state index is 12.3. The number of carbonyl (C=O) groups excluding carboxylic acids is 2. The molecule has 0 radical (unpaired) electrons. The van der Waals surface area contributed by atoms with Gasteiger partial charge >= 0.3 is 0 Å². The van der Waals surface area contributed by atoms with E-state index in [0.717, 1.165) is 21.1 Å². The minimum absolute atomic E-state index is 0.0617. The zero-order valence-corrected chi connectivity index (χ0v) is 15.2. The Balaban J connectivity index is 1.65. The van der Waals surface area contributed by atoms with Gasteiger partial charge in [0.2, 0.25) is 5.91 Å². The molecule has 0 saturated carbocycles. The Morgan fingerprint density at radius 2 is 1.96 bits per heavy atom. The number of nitrogens with one attached hydrogen (secondary N) is 1. The third kappa shape index (κ3) is 4.71. The average molecular weight is 368 g/mol. The predicted octanol–water partition coefficient (Wildman–Crippen LogP) is 4.40. The summed E-state index contributed by atoms with van der Waals surface area (Å²) in [6.45, 7) is 1.92. The summed E-state index contributed by atoms with van der Waals surface area (Å²) in [7, 11) is 0. The van der Waals surface area contributed by atoms with Gasteiger partial charge in [-0.15, -0.1) is 22.7 Å². The molecule has 3 aromatic rings. The Hall–Kier alpha value is -2.57. The van der Waals surface area contributed by atoms with Gasteiger partial charge in [-0.2, -0.15) is 0 Å². The molecule has 0 fully saturated rings. The molecule has 0 aliphatic carbocycles. The monoisotopic (exact) mass is 368 g/mol. The highest BCUT2D eigenvalue weighted by molar-refractivity contribution is 7.14. The van der Waals surface area contributed by atoms with Crippen molar-refractivity contribution in [2.75, 3.05) is 0 Å². The van der Waals surface area contributed by atoms with E-state index in [0.29, 0.717) is 11.4 Å². The van der Waals surface area contributed by atoms with Crippen molar-refractivity contribution in [3.63, 3.8) is 0 Å². The van der Waals surface area contributed by atoms with Crippen molar-refractivity contribution in [1.82, 2.24) is 10.3 Å². The summed E-state index contributed by atoms with van der Waals surface area (Å²) in [6.07, 6.45) is 3.27. The topological polar surface area (TPSA) is 59.1 Å². The maximum atomic E-state index is 12.3. The van der Waals surface area contributed by atoms with Gasteiger partial charge in [0, 0.05) is 22.7 Å². The molecule has 2 aromatic heterocycles. The van der Waals surface area contributed by atoms with E-state index in [-0.39, 0.29) is 11.7 Å². The average Bonchev–Trinajstić information content (AvgIpc) is 3.28. The molecule has 1 N–H and O–H groups in total. The molecule has 0 saturated heterocycles. The van der Waals surface area contributed by atoms with Gasteiger partial charge in [-0.1, -0.05) is 30.3 Å². The summed E-state index contributed by atoms with van der Waals surface area (Å²) >= 11 is 2.94. The highest BCUT2D eigenvalue weighted by atomic mass is 32.1. The van der Waals surface area contributed by atoms with Crippen molar-refractivity contribution in [1.29, 1.82) is 0 Å². The number of rotatable bonds is 6. The predicted molar refractivity (Wildman–Crippen MR) is 103 cm³/mol. The van der Waals surface area contributed by atoms with Gasteiger partial charge in [0.1, 0.15) is 5.01 Å². The van der Waals surface area contributed by atoms with Crippen LogP contribution in [-0.2, 0) is 11.3 Å². The smallest absolute Gasteiger partial charge is 0.217 e. The van der Waals surface area contributed by atoms with Crippen LogP contribution < -0.4 is 5.32 Å². The first-order valence-electron chi connectivity index (χ1n) is 7.68. The first-order chi connectivity index (χ1) is 12.1. The maximum Gasteiger partial charge on any atom is 0.217 e. The molecular formula is C19H16N2O2S2. The highest BCUT2D eigenvalue weighted by Gasteiger charge is 2.07. The van der Waals surface area contributed by atoms with Crippen molar-refractivity contribution < 1.29 is 9.59 Å². The van der Waals surface area contributed by atoms with Crippen LogP contribution in [0, 0.1) is 0 Å². The Bertz CT molecular complexity index is 910. The van der Waals surface area contributed by atoms with E-state index in [9.17, 15) is 9.59 Å². The standard InChI is InChI=1S/C19H16N2O2S2/c1-13(22)20-11-16-8-10-18(25-16)17(23)9-7-15-12-24-19(21-15)14-5-3-2-4-6-14/h2-10,12H,11H2,1H3,(H,20,22)/b9-7+. The number of thiophene rings is 1. The number of hydrogen-bond donors (Lipinski definition) is 1. The van der Waals surface area contributed by atoms with Crippen LogP contribution in [0.5, 0.6) is 0 Å². The summed E-state index contributed by atoms with van der Waals surface area (Å²) in [5.41, 5.74) is 1.84. The largest absolute Gasteiger partial charge is 0.351 e. The summed E-state index contributed by atoms with van der Waals surface area (Å²) in [5.74, 6) is -0.146. The molecule has 0 spiro atoms. The molecule has 126 valence electrons. The van der Waals surface area contributed by atoms with E-state index in [4.69, 9.17) is 0 Å². The van der Waals surface area contributed by atoms with Crippen LogP contribution in [0.3, 0.4) is 0 Å². The molecule has 0 unspecified atom stereocenters. The molecule has 1 amide bonds. The molecule has 0 atom stereocenters. The summed E-state index contributed by atoms with van der Waals surface area (Å²) in [6, 6.07) is 13.6. The molecule has 25 heavy (non-hydrogen) atoms. The fourth-order valence-electron chi connectivity index (χ4n) is 2.14. The number of allylic oxidation sites excluding steroid dienone is 1. The van der Waals surface area contributed by atoms with Crippen LogP contribution in [-0.4, -0.2) is 16.7 Å². The molecular weight excluding hydrogens is 352 g/mol. The molecule has 3 rings (SSSR count). The number of nitrogens with zero attached hydrogens (tertiary/aromatic N) is 1. The van der Waals surface area contributed by atoms with Crippen molar-refractivity contribution >= 4 is 40.4 Å². The van der Waals surface area contributed by atoms with Crippen molar-refractivity contribution in [2.45, 2.75) is 13.5 Å². The van der Waals surface area contributed by atoms with Crippen molar-refractivity contribution in [2.24, 2.45) is 0 Å². The van der Waals surface area contributed by atoms with Gasteiger partial charge in [-0.25, -0.2) is 4.98 Å². The first kappa shape index (κ1) is 17.3. The number of ketones is 1. The lowest BCUT2D eigenvalue weighted by molar-refractivity contribution is -0.119. The number of amides is 1. The Morgan fingerprint density at radius 1 is 1.16 bits per heavy atom. The lowest BCUT2D eigenvalue weighted by Crippen LogP contribution is -2.18. The van der Waals surface area contributed by atoms with Crippen LogP contribution in [0.2, 0.25) is 0 Å². The Morgan fingerprint density at radius 3 is 2.72 bits per heavy atom. The first-order valence-corrected chi connectivity index (χ1v) is 9.38. The van der Waals surface area contributed by atoms with E-state index in [1.807, 2.05) is 41.8 Å². The number of carbonyl (C=O) groups is 2. The van der Waals surface area contributed by atoms with Gasteiger partial charge in [-0.3, -0.25) is 9.59 Å². The van der Waals surface area contributed by atoms with Crippen LogP contribution in [0.4, 0.5) is 0 Å². The van der Waals surface area contributed by atoms with E-state index < -0.39 is 0 Å². The number of benzene rings is 1. The van der Waals surface area contributed by atoms with Gasteiger partial charge < -0.3 is 5.32 Å². The second kappa shape index (κ2) is 8.00. The summed E-state index contributed by atoms with van der Waals surface area (Å²) < 4.78 is 0. The molecule has 0 aliphatic heterocycles. The molecule has 0 bridgehead atoms. The second-order valence-corrected chi connectivity index (χ2v) is 7.34. The van der Waals surface area contributed by atoms with Gasteiger partial charge in [0.05, 0.1) is 17.1 Å². The zero-order valence-electron chi connectivity index (χ0n) is 13.6. The van der Waals surface area contributed by atoms with Crippen molar-refractivity contribution in [3.8, 4) is 10.6 Å². The fourth-order valence-corrected chi connectivity index (χ4v) is 3.80. The third-order valence-corrected chi connectivity index (χ3v) is 5.37. The van der Waals surface area contributed by atoms with Gasteiger partial charge in [-0.05, 0) is 24.3 Å². The van der Waals surface area contributed by atoms with E-state index in [1.165, 1.54) is 24.3 Å². The van der Waals surface area contributed by atoms with E-state index >= 15 is 0 Å². The van der Waals surface area contributed by atoms with Crippen LogP contribution in [0.15, 0.2) is 53.9 Å². The Labute approximate surface area is 153 Å². The highest BCUT2D eigenvalue weighted by Crippen LogP contribution is 2.24. The molecule has 2 heterocycles. The Kier molecular flexibility index (Phi) is 5.53. The number of hydrogen-bond acceptors (Lipinski definition) is 5. The van der Waals surface area contributed by atoms with Crippen molar-refractivity contribution in [3.05, 3.63) is 69.4 Å². The SMILES string of the molecule is CC(=O)NCc1ccc(C(=O)/C=C/c2csc(-c3ccccc3)n2)s1. The molecule has 6 heteroatoms. The normalized spacial score (nSPS) is 10.9. The molecule has 1 aromatic carbocycles. The zero-order chi connectivity index (χ0) is 17.6. The number of thiazole rings is 1. The minimum atomic E-state index is -0.0843. The van der Waals surface area contributed by atoms with Crippen LogP contribution >= 0.6 is 22.7 Å². The van der Waals surface area contributed by atoms with Crippen LogP contribution in [0.25, 0.3) is 16.6 Å². The molecule has 0 aliphatic rings. The van der Waals surface area contributed by atoms with E-state index in [1.54, 1.807) is 23.5 Å². The second-order valence-electron chi connectivity index (χ2n) is 5.32. The minimum Gasteiger partial charge on any atom is -0.351 e. The lowest BCUT2D eigenvalue weighted by Gasteiger charge is -1.96. The van der Waals surface area contributed by atoms with Crippen LogP contribution in [0.1, 0.15) is 27.2 Å². The molecule has 4 nitrogen and oxygen atoms in total. The van der Waals surface area contributed by atoms with E-state index in [2.05, 4.69) is 10.3 Å². The summed E-state index contributed by atoms with van der Waals surface area (Å²) in [4.78, 5) is 29.3. The van der Waals surface area contributed by atoms with Gasteiger partial charge in [0.25, 0.3) is 0 Å². The third-order valence-electron chi connectivity index (χ3n) is 3.36.